The van der Waals surface area contributed by atoms with Gasteiger partial charge in [0.25, 0.3) is 5.91 Å². The molecule has 2 amide bonds. The molecule has 0 saturated heterocycles. The molecule has 0 fully saturated rings. The number of carbonyl (C=O) groups excluding carboxylic acids is 2. The highest BCUT2D eigenvalue weighted by molar-refractivity contribution is 7.98. The Labute approximate surface area is 178 Å². The van der Waals surface area contributed by atoms with Crippen molar-refractivity contribution in [2.75, 3.05) is 17.3 Å². The maximum absolute atomic E-state index is 14.0. The molecule has 1 unspecified atom stereocenters. The fraction of sp³-hybridized carbons (Fsp3) is 0.238. The van der Waals surface area contributed by atoms with Crippen molar-refractivity contribution in [1.29, 1.82) is 0 Å². The van der Waals surface area contributed by atoms with Gasteiger partial charge >= 0.3 is 0 Å². The minimum absolute atomic E-state index is 0.0393. The molecule has 1 aromatic carbocycles. The molecule has 2 N–H and O–H groups in total. The molecule has 7 nitrogen and oxygen atoms in total. The highest BCUT2D eigenvalue weighted by Gasteiger charge is 2.23. The van der Waals surface area contributed by atoms with Crippen molar-refractivity contribution < 1.29 is 14.0 Å². The zero-order valence-electron chi connectivity index (χ0n) is 16.6. The van der Waals surface area contributed by atoms with Crippen LogP contribution in [0.25, 0.3) is 5.82 Å². The first-order chi connectivity index (χ1) is 14.5. The van der Waals surface area contributed by atoms with E-state index >= 15 is 0 Å². The number of pyridine rings is 1. The highest BCUT2D eigenvalue weighted by atomic mass is 32.2. The molecule has 0 aliphatic heterocycles. The van der Waals surface area contributed by atoms with Gasteiger partial charge in [0.05, 0.1) is 0 Å². The summed E-state index contributed by atoms with van der Waals surface area (Å²) in [5, 5.41) is 9.77. The lowest BCUT2D eigenvalue weighted by Crippen LogP contribution is -2.44. The van der Waals surface area contributed by atoms with Gasteiger partial charge in [-0.25, -0.2) is 14.1 Å². The molecule has 1 atom stereocenters. The summed E-state index contributed by atoms with van der Waals surface area (Å²) in [6.07, 6.45) is 5.44. The Balaban J connectivity index is 1.75. The Kier molecular flexibility index (Phi) is 7.18. The van der Waals surface area contributed by atoms with Crippen LogP contribution in [0.4, 0.5) is 10.2 Å². The van der Waals surface area contributed by atoms with Gasteiger partial charge in [-0.2, -0.15) is 11.8 Å². The molecule has 30 heavy (non-hydrogen) atoms. The van der Waals surface area contributed by atoms with Gasteiger partial charge in [0, 0.05) is 23.5 Å². The quantitative estimate of drug-likeness (QED) is 0.576. The molecule has 0 aliphatic carbocycles. The number of thioether (sulfide) groups is 1. The zero-order chi connectivity index (χ0) is 21.5. The molecular formula is C21H22FN5O2S. The Bertz CT molecular complexity index is 1030. The summed E-state index contributed by atoms with van der Waals surface area (Å²) in [5.41, 5.74) is 1.12. The van der Waals surface area contributed by atoms with Gasteiger partial charge in [0.2, 0.25) is 5.91 Å². The van der Waals surface area contributed by atoms with Gasteiger partial charge in [0.1, 0.15) is 6.04 Å². The monoisotopic (exact) mass is 427 g/mol. The molecule has 0 bridgehead atoms. The van der Waals surface area contributed by atoms with Crippen LogP contribution in [0.2, 0.25) is 0 Å². The minimum atomic E-state index is -0.735. The first-order valence-corrected chi connectivity index (χ1v) is 10.7. The number of nitrogens with zero attached hydrogens (tertiary/aromatic N) is 3. The molecule has 3 rings (SSSR count). The summed E-state index contributed by atoms with van der Waals surface area (Å²) >= 11 is 1.58. The van der Waals surface area contributed by atoms with E-state index in [0.29, 0.717) is 23.3 Å². The van der Waals surface area contributed by atoms with E-state index in [1.165, 1.54) is 23.0 Å². The number of benzene rings is 1. The number of amides is 2. The van der Waals surface area contributed by atoms with Crippen LogP contribution in [0.1, 0.15) is 22.3 Å². The maximum atomic E-state index is 14.0. The average Bonchev–Trinajstić information content (AvgIpc) is 3.11. The lowest BCUT2D eigenvalue weighted by atomic mass is 10.1. The predicted molar refractivity (Wildman–Crippen MR) is 115 cm³/mol. The molecule has 0 spiro atoms. The van der Waals surface area contributed by atoms with E-state index in [2.05, 4.69) is 20.7 Å². The first-order valence-electron chi connectivity index (χ1n) is 9.32. The van der Waals surface area contributed by atoms with Crippen LogP contribution >= 0.6 is 11.8 Å². The molecule has 0 aliphatic rings. The van der Waals surface area contributed by atoms with Crippen LogP contribution in [0.15, 0.2) is 54.9 Å². The second kappa shape index (κ2) is 10.0. The standard InChI is InChI=1S/C21H22FN5O2S/c1-14-13-27(19-16(22)9-6-11-23-19)26-18(14)25-21(29)17(10-12-30-2)24-20(28)15-7-4-3-5-8-15/h3-9,11,13,17H,10,12H2,1-2H3,(H,24,28)(H,25,26,29). The van der Waals surface area contributed by atoms with Crippen molar-refractivity contribution in [2.24, 2.45) is 0 Å². The largest absolute Gasteiger partial charge is 0.340 e. The van der Waals surface area contributed by atoms with Gasteiger partial charge in [-0.15, -0.1) is 5.10 Å². The smallest absolute Gasteiger partial charge is 0.251 e. The Morgan fingerprint density at radius 3 is 2.67 bits per heavy atom. The number of carbonyl (C=O) groups is 2. The summed E-state index contributed by atoms with van der Waals surface area (Å²) in [6.45, 7) is 1.75. The second-order valence-corrected chi connectivity index (χ2v) is 7.56. The van der Waals surface area contributed by atoms with Crippen LogP contribution in [-0.4, -0.2) is 44.6 Å². The Hall–Kier alpha value is -3.20. The molecule has 2 heterocycles. The van der Waals surface area contributed by atoms with Gasteiger partial charge in [0.15, 0.2) is 17.5 Å². The number of hydrogen-bond donors (Lipinski definition) is 2. The van der Waals surface area contributed by atoms with E-state index in [0.717, 1.165) is 0 Å². The minimum Gasteiger partial charge on any atom is -0.340 e. The van der Waals surface area contributed by atoms with E-state index in [4.69, 9.17) is 0 Å². The van der Waals surface area contributed by atoms with Crippen molar-refractivity contribution in [2.45, 2.75) is 19.4 Å². The fourth-order valence-corrected chi connectivity index (χ4v) is 3.25. The van der Waals surface area contributed by atoms with Crippen molar-refractivity contribution in [3.63, 3.8) is 0 Å². The summed E-state index contributed by atoms with van der Waals surface area (Å²) in [7, 11) is 0. The number of nitrogens with one attached hydrogen (secondary N) is 2. The zero-order valence-corrected chi connectivity index (χ0v) is 17.4. The normalized spacial score (nSPS) is 11.7. The van der Waals surface area contributed by atoms with Crippen LogP contribution in [0, 0.1) is 12.7 Å². The first kappa shape index (κ1) is 21.5. The summed E-state index contributed by atoms with van der Waals surface area (Å²) < 4.78 is 15.3. The van der Waals surface area contributed by atoms with Gasteiger partial charge in [-0.1, -0.05) is 18.2 Å². The number of aromatic nitrogens is 3. The van der Waals surface area contributed by atoms with E-state index in [9.17, 15) is 14.0 Å². The number of aryl methyl sites for hydroxylation is 1. The summed E-state index contributed by atoms with van der Waals surface area (Å²) in [4.78, 5) is 29.4. The van der Waals surface area contributed by atoms with E-state index in [-0.39, 0.29) is 23.5 Å². The molecule has 0 radical (unpaired) electrons. The Morgan fingerprint density at radius 2 is 1.97 bits per heavy atom. The third kappa shape index (κ3) is 5.24. The molecule has 2 aromatic heterocycles. The van der Waals surface area contributed by atoms with Gasteiger partial charge in [-0.3, -0.25) is 9.59 Å². The molecule has 156 valence electrons. The number of anilines is 1. The number of halogens is 1. The maximum Gasteiger partial charge on any atom is 0.251 e. The third-order valence-electron chi connectivity index (χ3n) is 4.36. The van der Waals surface area contributed by atoms with Crippen molar-refractivity contribution in [3.05, 3.63) is 71.8 Å². The van der Waals surface area contributed by atoms with Crippen LogP contribution in [0.5, 0.6) is 0 Å². The van der Waals surface area contributed by atoms with Gasteiger partial charge in [-0.05, 0) is 49.6 Å². The van der Waals surface area contributed by atoms with Crippen LogP contribution in [-0.2, 0) is 4.79 Å². The van der Waals surface area contributed by atoms with E-state index in [1.807, 2.05) is 12.3 Å². The molecule has 0 saturated carbocycles. The van der Waals surface area contributed by atoms with Crippen molar-refractivity contribution in [3.8, 4) is 5.82 Å². The number of hydrogen-bond acceptors (Lipinski definition) is 5. The third-order valence-corrected chi connectivity index (χ3v) is 5.01. The molecular weight excluding hydrogens is 405 g/mol. The van der Waals surface area contributed by atoms with E-state index in [1.54, 1.807) is 49.1 Å². The second-order valence-electron chi connectivity index (χ2n) is 6.58. The lowest BCUT2D eigenvalue weighted by Gasteiger charge is -2.17. The fourth-order valence-electron chi connectivity index (χ4n) is 2.78. The molecule has 3 aromatic rings. The molecule has 9 heteroatoms. The summed E-state index contributed by atoms with van der Waals surface area (Å²) in [5.74, 6) is -0.214. The van der Waals surface area contributed by atoms with E-state index < -0.39 is 11.9 Å². The van der Waals surface area contributed by atoms with Gasteiger partial charge < -0.3 is 10.6 Å². The number of rotatable bonds is 8. The van der Waals surface area contributed by atoms with Crippen LogP contribution in [0.3, 0.4) is 0 Å². The topological polar surface area (TPSA) is 88.9 Å². The van der Waals surface area contributed by atoms with Crippen molar-refractivity contribution >= 4 is 29.4 Å². The average molecular weight is 428 g/mol. The SMILES string of the molecule is CSCCC(NC(=O)c1ccccc1)C(=O)Nc1nn(-c2ncccc2F)cc1C. The lowest BCUT2D eigenvalue weighted by molar-refractivity contribution is -0.118. The summed E-state index contributed by atoms with van der Waals surface area (Å²) in [6, 6.07) is 10.8. The highest BCUT2D eigenvalue weighted by Crippen LogP contribution is 2.17. The van der Waals surface area contributed by atoms with Crippen molar-refractivity contribution in [1.82, 2.24) is 20.1 Å². The predicted octanol–water partition coefficient (Wildman–Crippen LogP) is 3.21. The Morgan fingerprint density at radius 1 is 1.20 bits per heavy atom. The van der Waals surface area contributed by atoms with Crippen LogP contribution < -0.4 is 10.6 Å².